The molecule has 1 atom stereocenters. The molecular formula is C13H14F2O3. The Hall–Kier alpha value is -1.78. The molecule has 1 aromatic rings. The van der Waals surface area contributed by atoms with E-state index in [0.717, 1.165) is 12.1 Å². The fraction of sp³-hybridized carbons (Fsp3) is 0.385. The minimum atomic E-state index is -1.05. The van der Waals surface area contributed by atoms with Gasteiger partial charge in [-0.1, -0.05) is 6.92 Å². The highest BCUT2D eigenvalue weighted by atomic mass is 19.2. The van der Waals surface area contributed by atoms with E-state index >= 15 is 0 Å². The van der Waals surface area contributed by atoms with Crippen LogP contribution < -0.4 is 0 Å². The molecule has 0 aromatic heterocycles. The molecule has 0 radical (unpaired) electrons. The van der Waals surface area contributed by atoms with E-state index in [1.54, 1.807) is 6.92 Å². The smallest absolute Gasteiger partial charge is 0.305 e. The third-order valence-corrected chi connectivity index (χ3v) is 2.52. The minimum absolute atomic E-state index is 0.0835. The van der Waals surface area contributed by atoms with Gasteiger partial charge in [-0.25, -0.2) is 8.78 Å². The Morgan fingerprint density at radius 3 is 2.44 bits per heavy atom. The molecule has 0 spiro atoms. The van der Waals surface area contributed by atoms with E-state index in [4.69, 9.17) is 0 Å². The number of halogens is 2. The van der Waals surface area contributed by atoms with Gasteiger partial charge in [-0.3, -0.25) is 9.59 Å². The zero-order chi connectivity index (χ0) is 13.7. The first kappa shape index (κ1) is 14.3. The van der Waals surface area contributed by atoms with E-state index in [9.17, 15) is 18.4 Å². The Bertz CT molecular complexity index is 458. The summed E-state index contributed by atoms with van der Waals surface area (Å²) in [6, 6.07) is 3.00. The van der Waals surface area contributed by atoms with Gasteiger partial charge in [0.2, 0.25) is 0 Å². The first-order valence-electron chi connectivity index (χ1n) is 5.49. The monoisotopic (exact) mass is 256 g/mol. The highest BCUT2D eigenvalue weighted by molar-refractivity contribution is 5.96. The first-order valence-corrected chi connectivity index (χ1v) is 5.49. The fourth-order valence-corrected chi connectivity index (χ4v) is 1.54. The molecule has 0 heterocycles. The van der Waals surface area contributed by atoms with Gasteiger partial charge in [0, 0.05) is 18.4 Å². The molecule has 1 aromatic carbocycles. The van der Waals surface area contributed by atoms with Crippen molar-refractivity contribution >= 4 is 11.8 Å². The SMILES string of the molecule is COC(=O)C[C@@H](C)CC(=O)c1ccc(F)c(F)c1. The van der Waals surface area contributed by atoms with Gasteiger partial charge in [0.1, 0.15) is 0 Å². The fourth-order valence-electron chi connectivity index (χ4n) is 1.54. The molecule has 0 aliphatic carbocycles. The first-order chi connectivity index (χ1) is 8.43. The Balaban J connectivity index is 2.64. The molecule has 3 nitrogen and oxygen atoms in total. The second-order valence-corrected chi connectivity index (χ2v) is 4.14. The van der Waals surface area contributed by atoms with E-state index < -0.39 is 17.6 Å². The van der Waals surface area contributed by atoms with Crippen LogP contribution in [0.5, 0.6) is 0 Å². The highest BCUT2D eigenvalue weighted by Gasteiger charge is 2.16. The summed E-state index contributed by atoms with van der Waals surface area (Å²) in [5.74, 6) is -2.99. The maximum atomic E-state index is 12.9. The molecule has 0 N–H and O–H groups in total. The molecule has 0 saturated carbocycles. The van der Waals surface area contributed by atoms with Crippen molar-refractivity contribution in [3.05, 3.63) is 35.4 Å². The summed E-state index contributed by atoms with van der Waals surface area (Å²) in [6.07, 6.45) is 0.200. The summed E-state index contributed by atoms with van der Waals surface area (Å²) < 4.78 is 30.1. The number of hydrogen-bond acceptors (Lipinski definition) is 3. The van der Waals surface area contributed by atoms with Gasteiger partial charge in [-0.2, -0.15) is 0 Å². The lowest BCUT2D eigenvalue weighted by atomic mass is 9.97. The van der Waals surface area contributed by atoms with Gasteiger partial charge in [0.25, 0.3) is 0 Å². The van der Waals surface area contributed by atoms with Crippen LogP contribution in [-0.2, 0) is 9.53 Å². The van der Waals surface area contributed by atoms with Gasteiger partial charge < -0.3 is 4.74 Å². The molecule has 0 fully saturated rings. The standard InChI is InChI=1S/C13H14F2O3/c1-8(6-13(17)18-2)5-12(16)9-3-4-10(14)11(15)7-9/h3-4,7-8H,5-6H2,1-2H3/t8-/m0/s1. The second kappa shape index (κ2) is 6.23. The Labute approximate surface area is 104 Å². The van der Waals surface area contributed by atoms with Crippen LogP contribution in [0.15, 0.2) is 18.2 Å². The van der Waals surface area contributed by atoms with E-state index in [-0.39, 0.29) is 30.1 Å². The summed E-state index contributed by atoms with van der Waals surface area (Å²) in [7, 11) is 1.27. The molecule has 1 rings (SSSR count). The lowest BCUT2D eigenvalue weighted by Gasteiger charge is -2.09. The van der Waals surface area contributed by atoms with E-state index in [2.05, 4.69) is 4.74 Å². The van der Waals surface area contributed by atoms with Crippen LogP contribution in [-0.4, -0.2) is 18.9 Å². The van der Waals surface area contributed by atoms with Crippen LogP contribution in [0.3, 0.4) is 0 Å². The summed E-state index contributed by atoms with van der Waals surface area (Å²) in [5.41, 5.74) is 0.102. The predicted octanol–water partition coefficient (Wildman–Crippen LogP) is 2.74. The molecule has 0 unspecified atom stereocenters. The van der Waals surface area contributed by atoms with Crippen LogP contribution >= 0.6 is 0 Å². The number of rotatable bonds is 5. The number of carbonyl (C=O) groups excluding carboxylic acids is 2. The van der Waals surface area contributed by atoms with Crippen molar-refractivity contribution in [2.75, 3.05) is 7.11 Å². The molecule has 5 heteroatoms. The van der Waals surface area contributed by atoms with Crippen molar-refractivity contribution in [1.29, 1.82) is 0 Å². The third kappa shape index (κ3) is 3.91. The zero-order valence-electron chi connectivity index (χ0n) is 10.2. The molecule has 0 saturated heterocycles. The quantitative estimate of drug-likeness (QED) is 0.601. The molecule has 0 bridgehead atoms. The van der Waals surface area contributed by atoms with Crippen molar-refractivity contribution < 1.29 is 23.1 Å². The Morgan fingerprint density at radius 2 is 1.89 bits per heavy atom. The van der Waals surface area contributed by atoms with Gasteiger partial charge in [-0.05, 0) is 24.1 Å². The predicted molar refractivity (Wildman–Crippen MR) is 61.1 cm³/mol. The highest BCUT2D eigenvalue weighted by Crippen LogP contribution is 2.15. The number of Topliss-reactive ketones (excluding diaryl/α,β-unsaturated/α-hetero) is 1. The van der Waals surface area contributed by atoms with Gasteiger partial charge in [-0.15, -0.1) is 0 Å². The number of carbonyl (C=O) groups is 2. The second-order valence-electron chi connectivity index (χ2n) is 4.14. The topological polar surface area (TPSA) is 43.4 Å². The molecule has 0 amide bonds. The van der Waals surface area contributed by atoms with Crippen LogP contribution in [0.4, 0.5) is 8.78 Å². The summed E-state index contributed by atoms with van der Waals surface area (Å²) >= 11 is 0. The number of esters is 1. The van der Waals surface area contributed by atoms with Crippen LogP contribution in [0.2, 0.25) is 0 Å². The third-order valence-electron chi connectivity index (χ3n) is 2.52. The van der Waals surface area contributed by atoms with E-state index in [1.165, 1.54) is 13.2 Å². The van der Waals surface area contributed by atoms with Gasteiger partial charge in [0.15, 0.2) is 17.4 Å². The molecule has 98 valence electrons. The van der Waals surface area contributed by atoms with E-state index in [0.29, 0.717) is 0 Å². The number of hydrogen-bond donors (Lipinski definition) is 0. The Morgan fingerprint density at radius 1 is 1.22 bits per heavy atom. The summed E-state index contributed by atoms with van der Waals surface area (Å²) in [6.45, 7) is 1.72. The molecule has 0 aliphatic rings. The number of methoxy groups -OCH3 is 1. The van der Waals surface area contributed by atoms with Crippen LogP contribution in [0.1, 0.15) is 30.1 Å². The average molecular weight is 256 g/mol. The van der Waals surface area contributed by atoms with Gasteiger partial charge >= 0.3 is 5.97 Å². The maximum absolute atomic E-state index is 12.9. The average Bonchev–Trinajstić information content (AvgIpc) is 2.32. The summed E-state index contributed by atoms with van der Waals surface area (Å²) in [5, 5.41) is 0. The van der Waals surface area contributed by atoms with E-state index in [1.807, 2.05) is 0 Å². The number of ether oxygens (including phenoxy) is 1. The number of ketones is 1. The van der Waals surface area contributed by atoms with Gasteiger partial charge in [0.05, 0.1) is 7.11 Å². The molecule has 0 aliphatic heterocycles. The normalized spacial score (nSPS) is 12.0. The van der Waals surface area contributed by atoms with Crippen molar-refractivity contribution in [3.63, 3.8) is 0 Å². The van der Waals surface area contributed by atoms with Crippen LogP contribution in [0.25, 0.3) is 0 Å². The molecule has 18 heavy (non-hydrogen) atoms. The minimum Gasteiger partial charge on any atom is -0.469 e. The summed E-state index contributed by atoms with van der Waals surface area (Å²) in [4.78, 5) is 22.7. The lowest BCUT2D eigenvalue weighted by Crippen LogP contribution is -2.12. The van der Waals surface area contributed by atoms with Crippen molar-refractivity contribution in [2.45, 2.75) is 19.8 Å². The van der Waals surface area contributed by atoms with Crippen molar-refractivity contribution in [2.24, 2.45) is 5.92 Å². The van der Waals surface area contributed by atoms with Crippen molar-refractivity contribution in [3.8, 4) is 0 Å². The lowest BCUT2D eigenvalue weighted by molar-refractivity contribution is -0.141. The zero-order valence-corrected chi connectivity index (χ0v) is 10.2. The molecular weight excluding hydrogens is 242 g/mol. The number of benzene rings is 1. The Kier molecular flexibility index (Phi) is 4.95. The van der Waals surface area contributed by atoms with Crippen LogP contribution in [0, 0.1) is 17.6 Å². The maximum Gasteiger partial charge on any atom is 0.305 e. The van der Waals surface area contributed by atoms with Crippen molar-refractivity contribution in [1.82, 2.24) is 0 Å². The largest absolute Gasteiger partial charge is 0.469 e.